The van der Waals surface area contributed by atoms with E-state index in [0.717, 1.165) is 51.1 Å². The van der Waals surface area contributed by atoms with Gasteiger partial charge in [-0.2, -0.15) is 0 Å². The lowest BCUT2D eigenvalue weighted by molar-refractivity contribution is -0.126. The Morgan fingerprint density at radius 1 is 1.38 bits per heavy atom. The zero-order chi connectivity index (χ0) is 17.2. The second-order valence-corrected chi connectivity index (χ2v) is 6.86. The van der Waals surface area contributed by atoms with Crippen molar-refractivity contribution in [2.45, 2.75) is 58.2 Å². The number of hydrogen-bond acceptors (Lipinski definition) is 6. The number of rotatable bonds is 6. The van der Waals surface area contributed by atoms with Crippen molar-refractivity contribution in [2.75, 3.05) is 13.1 Å². The van der Waals surface area contributed by atoms with Crippen molar-refractivity contribution in [3.05, 3.63) is 5.82 Å². The maximum atomic E-state index is 12.2. The minimum absolute atomic E-state index is 0.0812. The molecule has 1 aromatic rings. The molecule has 0 aliphatic carbocycles. The number of amides is 3. The van der Waals surface area contributed by atoms with Gasteiger partial charge in [-0.25, -0.2) is 9.48 Å². The second-order valence-electron chi connectivity index (χ2n) is 6.86. The van der Waals surface area contributed by atoms with Crippen molar-refractivity contribution in [1.29, 1.82) is 0 Å². The molecule has 9 nitrogen and oxygen atoms in total. The minimum Gasteiger partial charge on any atom is -0.323 e. The number of aryl methyl sites for hydroxylation is 1. The van der Waals surface area contributed by atoms with E-state index in [1.807, 2.05) is 11.6 Å². The van der Waals surface area contributed by atoms with Crippen LogP contribution in [0.5, 0.6) is 0 Å². The zero-order valence-electron chi connectivity index (χ0n) is 14.3. The van der Waals surface area contributed by atoms with Crippen molar-refractivity contribution in [3.8, 4) is 0 Å². The molecule has 0 spiro atoms. The number of nitrogens with one attached hydrogen (secondary N) is 2. The summed E-state index contributed by atoms with van der Waals surface area (Å²) < 4.78 is 1.86. The van der Waals surface area contributed by atoms with E-state index in [1.54, 1.807) is 0 Å². The second kappa shape index (κ2) is 6.84. The van der Waals surface area contributed by atoms with Gasteiger partial charge in [-0.1, -0.05) is 13.3 Å². The summed E-state index contributed by atoms with van der Waals surface area (Å²) in [5, 5.41) is 17.1. The molecular weight excluding hydrogens is 310 g/mol. The minimum atomic E-state index is -0.829. The molecule has 0 saturated carbocycles. The molecule has 24 heavy (non-hydrogen) atoms. The van der Waals surface area contributed by atoms with Crippen LogP contribution in [0.1, 0.15) is 45.4 Å². The van der Waals surface area contributed by atoms with Crippen LogP contribution >= 0.6 is 0 Å². The summed E-state index contributed by atoms with van der Waals surface area (Å²) in [7, 11) is 0. The number of likely N-dealkylation sites (tertiary alicyclic amines) is 1. The molecule has 0 aromatic carbocycles. The third kappa shape index (κ3) is 3.26. The van der Waals surface area contributed by atoms with Gasteiger partial charge < -0.3 is 5.32 Å². The van der Waals surface area contributed by atoms with Crippen LogP contribution in [0.25, 0.3) is 0 Å². The Kier molecular flexibility index (Phi) is 4.79. The molecule has 3 rings (SSSR count). The maximum Gasteiger partial charge on any atom is 0.322 e. The molecule has 2 saturated heterocycles. The highest BCUT2D eigenvalue weighted by Crippen LogP contribution is 2.30. The Morgan fingerprint density at radius 2 is 2.21 bits per heavy atom. The van der Waals surface area contributed by atoms with Gasteiger partial charge in [-0.3, -0.25) is 15.0 Å². The first-order chi connectivity index (χ1) is 11.5. The van der Waals surface area contributed by atoms with Gasteiger partial charge in [-0.15, -0.1) is 5.10 Å². The van der Waals surface area contributed by atoms with Crippen LogP contribution in [-0.2, 0) is 17.9 Å². The number of nitrogens with zero attached hydrogens (tertiary/aromatic N) is 5. The number of hydrogen-bond donors (Lipinski definition) is 2. The SMILES string of the molecule is CCCCn1nnnc1CN1CCC[C@H]([C@@]2(C)NC(=O)NC2=O)C1. The van der Waals surface area contributed by atoms with Gasteiger partial charge >= 0.3 is 6.03 Å². The highest BCUT2D eigenvalue weighted by atomic mass is 16.2. The van der Waals surface area contributed by atoms with Crippen molar-refractivity contribution in [3.63, 3.8) is 0 Å². The third-order valence-corrected chi connectivity index (χ3v) is 5.09. The largest absolute Gasteiger partial charge is 0.323 e. The molecule has 1 aromatic heterocycles. The fraction of sp³-hybridized carbons (Fsp3) is 0.800. The number of aromatic nitrogens is 4. The van der Waals surface area contributed by atoms with Crippen LogP contribution in [0.4, 0.5) is 4.79 Å². The Morgan fingerprint density at radius 3 is 2.92 bits per heavy atom. The van der Waals surface area contributed by atoms with E-state index >= 15 is 0 Å². The number of urea groups is 1. The average molecular weight is 335 g/mol. The Labute approximate surface area is 141 Å². The Hall–Kier alpha value is -2.03. The monoisotopic (exact) mass is 335 g/mol. The first-order valence-electron chi connectivity index (χ1n) is 8.64. The number of carbonyl (C=O) groups excluding carboxylic acids is 2. The first-order valence-corrected chi connectivity index (χ1v) is 8.64. The van der Waals surface area contributed by atoms with Crippen LogP contribution in [0.15, 0.2) is 0 Å². The standard InChI is InChI=1S/C15H25N7O2/c1-3-4-8-22-12(18-19-20-22)10-21-7-5-6-11(9-21)15(2)13(23)16-14(24)17-15/h11H,3-10H2,1-2H3,(H2,16,17,23,24)/t11-,15+/m0/s1. The molecule has 3 amide bonds. The average Bonchev–Trinajstić information content (AvgIpc) is 3.10. The molecule has 2 aliphatic rings. The molecule has 2 fully saturated rings. The molecule has 132 valence electrons. The van der Waals surface area contributed by atoms with E-state index in [2.05, 4.69) is 38.0 Å². The van der Waals surface area contributed by atoms with Crippen LogP contribution in [-0.4, -0.2) is 55.7 Å². The van der Waals surface area contributed by atoms with Crippen LogP contribution in [0, 0.1) is 5.92 Å². The normalized spacial score (nSPS) is 28.0. The Bertz CT molecular complexity index is 617. The van der Waals surface area contributed by atoms with Crippen LogP contribution in [0.3, 0.4) is 0 Å². The summed E-state index contributed by atoms with van der Waals surface area (Å²) in [4.78, 5) is 25.9. The molecule has 2 aliphatic heterocycles. The van der Waals surface area contributed by atoms with E-state index in [1.165, 1.54) is 0 Å². The molecule has 0 bridgehead atoms. The lowest BCUT2D eigenvalue weighted by atomic mass is 9.80. The van der Waals surface area contributed by atoms with Crippen LogP contribution in [0.2, 0.25) is 0 Å². The topological polar surface area (TPSA) is 105 Å². The van der Waals surface area contributed by atoms with Gasteiger partial charge in [0.05, 0.1) is 6.54 Å². The number of tetrazole rings is 1. The molecule has 0 unspecified atom stereocenters. The molecule has 2 atom stereocenters. The molecule has 0 radical (unpaired) electrons. The lowest BCUT2D eigenvalue weighted by Gasteiger charge is -2.39. The van der Waals surface area contributed by atoms with E-state index < -0.39 is 11.6 Å². The van der Waals surface area contributed by atoms with Crippen molar-refractivity contribution in [2.24, 2.45) is 5.92 Å². The number of imide groups is 1. The van der Waals surface area contributed by atoms with E-state index in [9.17, 15) is 9.59 Å². The predicted molar refractivity (Wildman–Crippen MR) is 85.8 cm³/mol. The summed E-state index contributed by atoms with van der Waals surface area (Å²) >= 11 is 0. The van der Waals surface area contributed by atoms with E-state index in [4.69, 9.17) is 0 Å². The third-order valence-electron chi connectivity index (χ3n) is 5.09. The van der Waals surface area contributed by atoms with Gasteiger partial charge in [0, 0.05) is 19.0 Å². The number of carbonyl (C=O) groups is 2. The van der Waals surface area contributed by atoms with Gasteiger partial charge in [0.2, 0.25) is 0 Å². The molecule has 2 N–H and O–H groups in total. The maximum absolute atomic E-state index is 12.2. The highest BCUT2D eigenvalue weighted by molar-refractivity contribution is 6.06. The summed E-state index contributed by atoms with van der Waals surface area (Å²) in [6.07, 6.45) is 4.05. The van der Waals surface area contributed by atoms with Crippen molar-refractivity contribution < 1.29 is 9.59 Å². The lowest BCUT2D eigenvalue weighted by Crippen LogP contribution is -2.55. The summed E-state index contributed by atoms with van der Waals surface area (Å²) in [6, 6.07) is -0.400. The van der Waals surface area contributed by atoms with Crippen molar-refractivity contribution >= 4 is 11.9 Å². The predicted octanol–water partition coefficient (Wildman–Crippen LogP) is 0.283. The fourth-order valence-electron chi connectivity index (χ4n) is 3.53. The van der Waals surface area contributed by atoms with Crippen LogP contribution < -0.4 is 10.6 Å². The van der Waals surface area contributed by atoms with Gasteiger partial charge in [0.1, 0.15) is 5.54 Å². The zero-order valence-corrected chi connectivity index (χ0v) is 14.3. The highest BCUT2D eigenvalue weighted by Gasteiger charge is 2.48. The Balaban J connectivity index is 1.65. The quantitative estimate of drug-likeness (QED) is 0.724. The van der Waals surface area contributed by atoms with E-state index in [0.29, 0.717) is 6.54 Å². The van der Waals surface area contributed by atoms with Gasteiger partial charge in [-0.05, 0) is 43.2 Å². The van der Waals surface area contributed by atoms with Crippen molar-refractivity contribution in [1.82, 2.24) is 35.7 Å². The van der Waals surface area contributed by atoms with Gasteiger partial charge in [0.25, 0.3) is 5.91 Å². The van der Waals surface area contributed by atoms with E-state index in [-0.39, 0.29) is 11.8 Å². The molecule has 9 heteroatoms. The number of piperidine rings is 1. The summed E-state index contributed by atoms with van der Waals surface area (Å²) in [6.45, 7) is 7.13. The first kappa shape index (κ1) is 16.8. The number of unbranched alkanes of at least 4 members (excludes halogenated alkanes) is 1. The molecule has 3 heterocycles. The smallest absolute Gasteiger partial charge is 0.322 e. The summed E-state index contributed by atoms with van der Waals surface area (Å²) in [5.41, 5.74) is -0.829. The molecular formula is C15H25N7O2. The summed E-state index contributed by atoms with van der Waals surface area (Å²) in [5.74, 6) is 0.707. The van der Waals surface area contributed by atoms with Gasteiger partial charge in [0.15, 0.2) is 5.82 Å². The fourth-order valence-corrected chi connectivity index (χ4v) is 3.53.